The average molecular weight is 333 g/mol. The van der Waals surface area contributed by atoms with E-state index in [0.29, 0.717) is 12.6 Å². The number of hydrogen-bond donors (Lipinski definition) is 1. The maximum absolute atomic E-state index is 12.2. The molecule has 0 spiro atoms. The van der Waals surface area contributed by atoms with Gasteiger partial charge in [0.15, 0.2) is 5.75 Å². The van der Waals surface area contributed by atoms with Crippen LogP contribution >= 0.6 is 0 Å². The molecule has 0 atom stereocenters. The van der Waals surface area contributed by atoms with Crippen molar-refractivity contribution in [3.8, 4) is 5.75 Å². The first-order chi connectivity index (χ1) is 11.7. The van der Waals surface area contributed by atoms with E-state index in [1.165, 1.54) is 32.8 Å². The minimum absolute atomic E-state index is 0.000295. The molecular weight excluding hydrogens is 306 g/mol. The highest BCUT2D eigenvalue weighted by atomic mass is 16.5. The molecule has 2 heterocycles. The van der Waals surface area contributed by atoms with E-state index in [1.807, 2.05) is 4.57 Å². The number of pyridine rings is 1. The Bertz CT molecular complexity index is 629. The second kappa shape index (κ2) is 7.83. The van der Waals surface area contributed by atoms with Crippen LogP contribution in [0.3, 0.4) is 0 Å². The van der Waals surface area contributed by atoms with Gasteiger partial charge in [0, 0.05) is 24.3 Å². The molecule has 1 aromatic heterocycles. The Morgan fingerprint density at radius 1 is 1.25 bits per heavy atom. The van der Waals surface area contributed by atoms with Crippen molar-refractivity contribution in [2.75, 3.05) is 20.2 Å². The number of rotatable bonds is 6. The van der Waals surface area contributed by atoms with Gasteiger partial charge in [-0.05, 0) is 38.8 Å². The van der Waals surface area contributed by atoms with Crippen molar-refractivity contribution in [3.05, 3.63) is 28.2 Å². The van der Waals surface area contributed by atoms with Crippen molar-refractivity contribution < 1.29 is 9.53 Å². The van der Waals surface area contributed by atoms with Crippen molar-refractivity contribution >= 4 is 5.91 Å². The van der Waals surface area contributed by atoms with E-state index in [0.717, 1.165) is 31.6 Å². The van der Waals surface area contributed by atoms with Crippen LogP contribution in [0.4, 0.5) is 0 Å². The van der Waals surface area contributed by atoms with Crippen LogP contribution in [0, 0.1) is 0 Å². The van der Waals surface area contributed by atoms with E-state index in [4.69, 9.17) is 4.74 Å². The molecule has 2 fully saturated rings. The number of aromatic nitrogens is 1. The fraction of sp³-hybridized carbons (Fsp3) is 0.667. The molecule has 1 aromatic rings. The van der Waals surface area contributed by atoms with Gasteiger partial charge in [-0.25, -0.2) is 0 Å². The molecule has 6 nitrogen and oxygen atoms in total. The standard InChI is InChI=1S/C18H27N3O3/c1-24-17-12-21(13-18(23)19-14-6-7-14)15(10-16(17)22)11-20-8-4-2-3-5-9-20/h10,12,14H,2-9,11,13H2,1H3,(H,19,23). The number of nitrogens with zero attached hydrogens (tertiary/aromatic N) is 2. The maximum Gasteiger partial charge on any atom is 0.240 e. The van der Waals surface area contributed by atoms with Crippen LogP contribution in [-0.4, -0.2) is 41.6 Å². The topological polar surface area (TPSA) is 63.6 Å². The molecule has 0 unspecified atom stereocenters. The van der Waals surface area contributed by atoms with Gasteiger partial charge in [-0.2, -0.15) is 0 Å². The molecule has 1 aliphatic heterocycles. The highest BCUT2D eigenvalue weighted by Gasteiger charge is 2.23. The number of amides is 1. The van der Waals surface area contributed by atoms with Gasteiger partial charge in [-0.15, -0.1) is 0 Å². The largest absolute Gasteiger partial charge is 0.491 e. The van der Waals surface area contributed by atoms with Crippen LogP contribution < -0.4 is 15.5 Å². The Balaban J connectivity index is 1.77. The number of carbonyl (C=O) groups excluding carboxylic acids is 1. The van der Waals surface area contributed by atoms with E-state index >= 15 is 0 Å². The third kappa shape index (κ3) is 4.60. The summed E-state index contributed by atoms with van der Waals surface area (Å²) in [6.07, 6.45) is 8.75. The van der Waals surface area contributed by atoms with Gasteiger partial charge in [0.1, 0.15) is 6.54 Å². The van der Waals surface area contributed by atoms with E-state index in [9.17, 15) is 9.59 Å². The van der Waals surface area contributed by atoms with E-state index in [1.54, 1.807) is 12.3 Å². The lowest BCUT2D eigenvalue weighted by Crippen LogP contribution is -2.32. The minimum Gasteiger partial charge on any atom is -0.491 e. The quantitative estimate of drug-likeness (QED) is 0.857. The van der Waals surface area contributed by atoms with Crippen LogP contribution in [0.1, 0.15) is 44.2 Å². The molecule has 0 radical (unpaired) electrons. The summed E-state index contributed by atoms with van der Waals surface area (Å²) in [7, 11) is 1.49. The fourth-order valence-electron chi connectivity index (χ4n) is 3.21. The van der Waals surface area contributed by atoms with Crippen LogP contribution in [0.25, 0.3) is 0 Å². The average Bonchev–Trinajstić information content (AvgIpc) is 3.37. The zero-order chi connectivity index (χ0) is 16.9. The van der Waals surface area contributed by atoms with E-state index < -0.39 is 0 Å². The van der Waals surface area contributed by atoms with Gasteiger partial charge in [0.05, 0.1) is 13.3 Å². The van der Waals surface area contributed by atoms with Crippen molar-refractivity contribution in [2.45, 2.75) is 57.7 Å². The van der Waals surface area contributed by atoms with Gasteiger partial charge in [-0.3, -0.25) is 14.5 Å². The molecule has 0 aromatic carbocycles. The first-order valence-electron chi connectivity index (χ1n) is 8.95. The first kappa shape index (κ1) is 17.0. The van der Waals surface area contributed by atoms with Crippen molar-refractivity contribution in [2.24, 2.45) is 0 Å². The summed E-state index contributed by atoms with van der Waals surface area (Å²) in [5.41, 5.74) is 0.759. The van der Waals surface area contributed by atoms with Gasteiger partial charge < -0.3 is 14.6 Å². The zero-order valence-electron chi connectivity index (χ0n) is 14.4. The summed E-state index contributed by atoms with van der Waals surface area (Å²) < 4.78 is 7.01. The van der Waals surface area contributed by atoms with Crippen molar-refractivity contribution in [1.82, 2.24) is 14.8 Å². The summed E-state index contributed by atoms with van der Waals surface area (Å²) >= 11 is 0. The second-order valence-corrected chi connectivity index (χ2v) is 6.86. The Morgan fingerprint density at radius 3 is 2.58 bits per heavy atom. The van der Waals surface area contributed by atoms with Crippen LogP contribution in [0.15, 0.2) is 17.1 Å². The lowest BCUT2D eigenvalue weighted by Gasteiger charge is -2.22. The van der Waals surface area contributed by atoms with Crippen LogP contribution in [-0.2, 0) is 17.9 Å². The molecule has 1 saturated heterocycles. The zero-order valence-corrected chi connectivity index (χ0v) is 14.4. The van der Waals surface area contributed by atoms with Gasteiger partial charge in [0.2, 0.25) is 11.3 Å². The third-order valence-electron chi connectivity index (χ3n) is 4.74. The smallest absolute Gasteiger partial charge is 0.240 e. The molecule has 0 bridgehead atoms. The minimum atomic E-state index is -0.124. The Morgan fingerprint density at radius 2 is 1.96 bits per heavy atom. The highest BCUT2D eigenvalue weighted by Crippen LogP contribution is 2.19. The van der Waals surface area contributed by atoms with E-state index in [2.05, 4.69) is 10.2 Å². The SMILES string of the molecule is COc1cn(CC(=O)NC2CC2)c(CN2CCCCCC2)cc1=O. The Hall–Kier alpha value is -1.82. The molecule has 24 heavy (non-hydrogen) atoms. The van der Waals surface area contributed by atoms with E-state index in [-0.39, 0.29) is 23.6 Å². The number of ether oxygens (including phenoxy) is 1. The molecule has 3 rings (SSSR count). The number of carbonyl (C=O) groups is 1. The summed E-state index contributed by atoms with van der Waals surface area (Å²) in [4.78, 5) is 26.7. The second-order valence-electron chi connectivity index (χ2n) is 6.86. The Kier molecular flexibility index (Phi) is 5.56. The van der Waals surface area contributed by atoms with Gasteiger partial charge in [-0.1, -0.05) is 12.8 Å². The van der Waals surface area contributed by atoms with Crippen LogP contribution in [0.5, 0.6) is 5.75 Å². The highest BCUT2D eigenvalue weighted by molar-refractivity contribution is 5.76. The lowest BCUT2D eigenvalue weighted by molar-refractivity contribution is -0.121. The lowest BCUT2D eigenvalue weighted by atomic mass is 10.2. The summed E-state index contributed by atoms with van der Waals surface area (Å²) in [6, 6.07) is 1.96. The third-order valence-corrected chi connectivity index (χ3v) is 4.74. The number of likely N-dealkylation sites (tertiary alicyclic amines) is 1. The van der Waals surface area contributed by atoms with Crippen molar-refractivity contribution in [1.29, 1.82) is 0 Å². The number of hydrogen-bond acceptors (Lipinski definition) is 4. The molecule has 1 aliphatic carbocycles. The summed E-state index contributed by atoms with van der Waals surface area (Å²) in [5, 5.41) is 3.00. The molecule has 6 heteroatoms. The molecule has 2 aliphatic rings. The van der Waals surface area contributed by atoms with Gasteiger partial charge >= 0.3 is 0 Å². The summed E-state index contributed by atoms with van der Waals surface area (Å²) in [6.45, 7) is 3.04. The van der Waals surface area contributed by atoms with Gasteiger partial charge in [0.25, 0.3) is 0 Å². The molecular formula is C18H27N3O3. The molecule has 1 N–H and O–H groups in total. The number of methoxy groups -OCH3 is 1. The number of nitrogens with one attached hydrogen (secondary N) is 1. The molecule has 1 saturated carbocycles. The van der Waals surface area contributed by atoms with Crippen molar-refractivity contribution in [3.63, 3.8) is 0 Å². The fourth-order valence-corrected chi connectivity index (χ4v) is 3.21. The Labute approximate surface area is 142 Å². The van der Waals surface area contributed by atoms with Crippen LogP contribution in [0.2, 0.25) is 0 Å². The first-order valence-corrected chi connectivity index (χ1v) is 8.95. The summed E-state index contributed by atoms with van der Waals surface area (Å²) in [5.74, 6) is 0.286. The normalized spacial score (nSPS) is 18.9. The predicted molar refractivity (Wildman–Crippen MR) is 92.2 cm³/mol. The molecule has 132 valence electrons. The molecule has 1 amide bonds. The predicted octanol–water partition coefficient (Wildman–Crippen LogP) is 1.51. The monoisotopic (exact) mass is 333 g/mol. The maximum atomic E-state index is 12.2.